The molecule has 0 bridgehead atoms. The third-order valence-corrected chi connectivity index (χ3v) is 6.56. The van der Waals surface area contributed by atoms with E-state index in [1.807, 2.05) is 44.1 Å². The summed E-state index contributed by atoms with van der Waals surface area (Å²) in [7, 11) is 0.261. The Kier molecular flexibility index (Phi) is 5.96. The fraction of sp³-hybridized carbons (Fsp3) is 0.474. The second-order valence-electron chi connectivity index (χ2n) is 6.87. The van der Waals surface area contributed by atoms with Crippen LogP contribution in [0.2, 0.25) is 0 Å². The number of benzene rings is 1. The van der Waals surface area contributed by atoms with Crippen LogP contribution < -0.4 is 9.64 Å². The molecule has 1 aromatic carbocycles. The van der Waals surface area contributed by atoms with E-state index in [2.05, 4.69) is 10.2 Å². The zero-order chi connectivity index (χ0) is 19.4. The predicted octanol–water partition coefficient (Wildman–Crippen LogP) is 2.34. The van der Waals surface area contributed by atoms with Crippen molar-refractivity contribution in [2.24, 2.45) is 0 Å². The smallest absolute Gasteiger partial charge is 0.243 e. The molecule has 1 unspecified atom stereocenters. The quantitative estimate of drug-likeness (QED) is 0.754. The van der Waals surface area contributed by atoms with Crippen LogP contribution in [0.15, 0.2) is 41.3 Å². The maximum Gasteiger partial charge on any atom is 0.243 e. The average molecular weight is 391 g/mol. The Morgan fingerprint density at radius 3 is 2.48 bits per heavy atom. The topological polar surface area (TPSA) is 75.6 Å². The van der Waals surface area contributed by atoms with Crippen molar-refractivity contribution in [2.45, 2.75) is 37.2 Å². The molecule has 0 saturated carbocycles. The molecule has 2 aromatic rings. The van der Waals surface area contributed by atoms with E-state index in [4.69, 9.17) is 4.74 Å². The highest BCUT2D eigenvalue weighted by atomic mass is 32.2. The Bertz CT molecular complexity index is 852. The molecule has 27 heavy (non-hydrogen) atoms. The fourth-order valence-corrected chi connectivity index (χ4v) is 4.56. The van der Waals surface area contributed by atoms with Gasteiger partial charge in [0.1, 0.15) is 6.10 Å². The average Bonchev–Trinajstić information content (AvgIpc) is 2.68. The number of piperidine rings is 1. The van der Waals surface area contributed by atoms with Crippen LogP contribution in [0.3, 0.4) is 0 Å². The number of hydrogen-bond donors (Lipinski definition) is 0. The van der Waals surface area contributed by atoms with Gasteiger partial charge in [0.25, 0.3) is 0 Å². The van der Waals surface area contributed by atoms with Gasteiger partial charge in [0.2, 0.25) is 15.9 Å². The lowest BCUT2D eigenvalue weighted by atomic mass is 10.1. The Morgan fingerprint density at radius 1 is 1.15 bits per heavy atom. The Hall–Kier alpha value is -2.19. The number of aromatic nitrogens is 2. The molecular weight excluding hydrogens is 364 g/mol. The number of hydrogen-bond acceptors (Lipinski definition) is 6. The number of aryl methyl sites for hydroxylation is 1. The fourth-order valence-electron chi connectivity index (χ4n) is 3.05. The predicted molar refractivity (Wildman–Crippen MR) is 105 cm³/mol. The molecule has 1 aromatic heterocycles. The highest BCUT2D eigenvalue weighted by Gasteiger charge is 2.31. The maximum atomic E-state index is 12.9. The standard InChI is InChI=1S/C19H26N4O3S/c1-4-15-7-9-17(10-8-15)27(24,25)23-13-5-6-16(14-23)26-19-12-11-18(20-21-19)22(2)3/h7-12,16H,4-6,13-14H2,1-3H3. The summed E-state index contributed by atoms with van der Waals surface area (Å²) < 4.78 is 33.3. The van der Waals surface area contributed by atoms with Crippen molar-refractivity contribution in [2.75, 3.05) is 32.1 Å². The lowest BCUT2D eigenvalue weighted by Gasteiger charge is -2.31. The molecule has 8 heteroatoms. The summed E-state index contributed by atoms with van der Waals surface area (Å²) in [6.07, 6.45) is 2.19. The molecule has 146 valence electrons. The summed E-state index contributed by atoms with van der Waals surface area (Å²) in [5.74, 6) is 1.16. The molecule has 2 heterocycles. The summed E-state index contributed by atoms with van der Waals surface area (Å²) in [6, 6.07) is 10.7. The first-order valence-corrected chi connectivity index (χ1v) is 10.6. The van der Waals surface area contributed by atoms with Crippen LogP contribution in [0, 0.1) is 0 Å². The van der Waals surface area contributed by atoms with Crippen molar-refractivity contribution in [3.8, 4) is 5.88 Å². The molecule has 3 rings (SSSR count). The molecule has 1 saturated heterocycles. The summed E-state index contributed by atoms with van der Waals surface area (Å²) in [6.45, 7) is 2.86. The first-order valence-electron chi connectivity index (χ1n) is 9.17. The van der Waals surface area contributed by atoms with Gasteiger partial charge in [0.15, 0.2) is 5.82 Å². The van der Waals surface area contributed by atoms with E-state index in [1.165, 1.54) is 4.31 Å². The Balaban J connectivity index is 1.69. The van der Waals surface area contributed by atoms with Gasteiger partial charge in [0.05, 0.1) is 11.4 Å². The molecule has 0 aliphatic carbocycles. The van der Waals surface area contributed by atoms with Crippen LogP contribution in [0.1, 0.15) is 25.3 Å². The summed E-state index contributed by atoms with van der Waals surface area (Å²) in [5, 5.41) is 8.17. The first kappa shape index (κ1) is 19.6. The minimum Gasteiger partial charge on any atom is -0.472 e. The lowest BCUT2D eigenvalue weighted by molar-refractivity contribution is 0.123. The molecule has 1 atom stereocenters. The highest BCUT2D eigenvalue weighted by Crippen LogP contribution is 2.23. The van der Waals surface area contributed by atoms with Crippen LogP contribution in [-0.2, 0) is 16.4 Å². The molecule has 0 amide bonds. The minimum absolute atomic E-state index is 0.233. The number of ether oxygens (including phenoxy) is 1. The first-order chi connectivity index (χ1) is 12.9. The van der Waals surface area contributed by atoms with Gasteiger partial charge < -0.3 is 9.64 Å². The van der Waals surface area contributed by atoms with E-state index in [0.717, 1.165) is 30.6 Å². The van der Waals surface area contributed by atoms with E-state index in [-0.39, 0.29) is 6.10 Å². The zero-order valence-electron chi connectivity index (χ0n) is 16.0. The molecule has 0 N–H and O–H groups in total. The van der Waals surface area contributed by atoms with Crippen molar-refractivity contribution in [1.29, 1.82) is 0 Å². The van der Waals surface area contributed by atoms with E-state index in [1.54, 1.807) is 18.2 Å². The zero-order valence-corrected chi connectivity index (χ0v) is 16.8. The molecular formula is C19H26N4O3S. The number of sulfonamides is 1. The van der Waals surface area contributed by atoms with Crippen LogP contribution >= 0.6 is 0 Å². The van der Waals surface area contributed by atoms with Gasteiger partial charge in [-0.05, 0) is 43.0 Å². The number of rotatable bonds is 6. The molecule has 7 nitrogen and oxygen atoms in total. The molecule has 1 aliphatic rings. The van der Waals surface area contributed by atoms with Gasteiger partial charge in [-0.1, -0.05) is 19.1 Å². The van der Waals surface area contributed by atoms with Gasteiger partial charge >= 0.3 is 0 Å². The molecule has 1 aliphatic heterocycles. The van der Waals surface area contributed by atoms with Gasteiger partial charge in [-0.15, -0.1) is 10.2 Å². The monoisotopic (exact) mass is 390 g/mol. The third-order valence-electron chi connectivity index (χ3n) is 4.68. The van der Waals surface area contributed by atoms with Gasteiger partial charge in [0, 0.05) is 26.7 Å². The van der Waals surface area contributed by atoms with Crippen LogP contribution in [0.4, 0.5) is 5.82 Å². The van der Waals surface area contributed by atoms with Crippen molar-refractivity contribution >= 4 is 15.8 Å². The summed E-state index contributed by atoms with van der Waals surface area (Å²) in [5.41, 5.74) is 1.12. The van der Waals surface area contributed by atoms with Gasteiger partial charge in [-0.25, -0.2) is 8.42 Å². The Morgan fingerprint density at radius 2 is 1.89 bits per heavy atom. The lowest BCUT2D eigenvalue weighted by Crippen LogP contribution is -2.44. The number of anilines is 1. The molecule has 0 spiro atoms. The van der Waals surface area contributed by atoms with Crippen LogP contribution in [0.5, 0.6) is 5.88 Å². The van der Waals surface area contributed by atoms with Crippen LogP contribution in [0.25, 0.3) is 0 Å². The summed E-state index contributed by atoms with van der Waals surface area (Å²) in [4.78, 5) is 2.19. The van der Waals surface area contributed by atoms with Gasteiger partial charge in [-0.2, -0.15) is 4.31 Å². The maximum absolute atomic E-state index is 12.9. The highest BCUT2D eigenvalue weighted by molar-refractivity contribution is 7.89. The van der Waals surface area contributed by atoms with Crippen molar-refractivity contribution in [3.05, 3.63) is 42.0 Å². The second-order valence-corrected chi connectivity index (χ2v) is 8.80. The third kappa shape index (κ3) is 4.56. The SMILES string of the molecule is CCc1ccc(S(=O)(=O)N2CCCC(Oc3ccc(N(C)C)nn3)C2)cc1. The minimum atomic E-state index is -3.52. The van der Waals surface area contributed by atoms with Crippen molar-refractivity contribution in [1.82, 2.24) is 14.5 Å². The van der Waals surface area contributed by atoms with Gasteiger partial charge in [-0.3, -0.25) is 0 Å². The molecule has 0 radical (unpaired) electrons. The Labute approximate surface area is 161 Å². The van der Waals surface area contributed by atoms with E-state index < -0.39 is 10.0 Å². The van der Waals surface area contributed by atoms with Crippen LogP contribution in [-0.4, -0.2) is 56.2 Å². The molecule has 1 fully saturated rings. The van der Waals surface area contributed by atoms with Crippen molar-refractivity contribution in [3.63, 3.8) is 0 Å². The number of nitrogens with zero attached hydrogens (tertiary/aromatic N) is 4. The second kappa shape index (κ2) is 8.22. The van der Waals surface area contributed by atoms with E-state index in [9.17, 15) is 8.42 Å². The largest absolute Gasteiger partial charge is 0.472 e. The normalized spacial score (nSPS) is 18.3. The van der Waals surface area contributed by atoms with Crippen molar-refractivity contribution < 1.29 is 13.2 Å². The van der Waals surface area contributed by atoms with E-state index >= 15 is 0 Å². The summed E-state index contributed by atoms with van der Waals surface area (Å²) >= 11 is 0. The van der Waals surface area contributed by atoms with E-state index in [0.29, 0.717) is 23.9 Å².